The van der Waals surface area contributed by atoms with Crippen molar-refractivity contribution in [3.05, 3.63) is 35.1 Å². The average Bonchev–Trinajstić information content (AvgIpc) is 2.28. The predicted molar refractivity (Wildman–Crippen MR) is 64.4 cm³/mol. The maximum Gasteiger partial charge on any atom is 0.390 e. The first-order chi connectivity index (χ1) is 8.69. The van der Waals surface area contributed by atoms with E-state index in [2.05, 4.69) is 0 Å². The van der Waals surface area contributed by atoms with Crippen LogP contribution >= 0.6 is 0 Å². The Bertz CT molecular complexity index is 457. The highest BCUT2D eigenvalue weighted by Gasteiger charge is 2.27. The highest BCUT2D eigenvalue weighted by Crippen LogP contribution is 2.20. The third-order valence-electron chi connectivity index (χ3n) is 2.58. The Morgan fingerprint density at radius 2 is 2.00 bits per heavy atom. The second-order valence-electron chi connectivity index (χ2n) is 4.32. The van der Waals surface area contributed by atoms with Crippen molar-refractivity contribution in [1.82, 2.24) is 4.90 Å². The molecule has 0 fully saturated rings. The van der Waals surface area contributed by atoms with Gasteiger partial charge in [-0.05, 0) is 13.1 Å². The molecule has 0 aliphatic heterocycles. The van der Waals surface area contributed by atoms with Gasteiger partial charge in [-0.1, -0.05) is 12.1 Å². The van der Waals surface area contributed by atoms with Gasteiger partial charge in [-0.25, -0.2) is 4.39 Å². The normalized spacial score (nSPS) is 11.9. The first kappa shape index (κ1) is 15.4. The molecule has 0 saturated carbocycles. The molecule has 3 nitrogen and oxygen atoms in total. The van der Waals surface area contributed by atoms with E-state index in [1.165, 1.54) is 24.1 Å². The third-order valence-corrected chi connectivity index (χ3v) is 2.58. The summed E-state index contributed by atoms with van der Waals surface area (Å²) in [5, 5.41) is 7.15. The SMILES string of the molecule is CN(CCC(F)(F)F)Cc1ccc(C(=N)N)cc1F. The quantitative estimate of drug-likeness (QED) is 0.493. The molecule has 0 atom stereocenters. The number of amidine groups is 1. The largest absolute Gasteiger partial charge is 0.390 e. The van der Waals surface area contributed by atoms with Gasteiger partial charge in [-0.3, -0.25) is 5.41 Å². The van der Waals surface area contributed by atoms with Crippen LogP contribution in [0.15, 0.2) is 18.2 Å². The molecule has 0 heterocycles. The van der Waals surface area contributed by atoms with Crippen molar-refractivity contribution in [3.8, 4) is 0 Å². The fraction of sp³-hybridized carbons (Fsp3) is 0.417. The number of halogens is 4. The molecule has 0 aromatic heterocycles. The van der Waals surface area contributed by atoms with Gasteiger partial charge in [0.15, 0.2) is 0 Å². The van der Waals surface area contributed by atoms with E-state index in [0.29, 0.717) is 0 Å². The van der Waals surface area contributed by atoms with Gasteiger partial charge in [0.1, 0.15) is 11.7 Å². The summed E-state index contributed by atoms with van der Waals surface area (Å²) in [6.45, 7) is -0.127. The summed E-state index contributed by atoms with van der Waals surface area (Å²) in [6, 6.07) is 4.00. The Hall–Kier alpha value is -1.63. The van der Waals surface area contributed by atoms with E-state index in [0.717, 1.165) is 6.07 Å². The summed E-state index contributed by atoms with van der Waals surface area (Å²) in [4.78, 5) is 1.39. The minimum Gasteiger partial charge on any atom is -0.384 e. The molecule has 0 bridgehead atoms. The van der Waals surface area contributed by atoms with Crippen LogP contribution in [0.4, 0.5) is 17.6 Å². The van der Waals surface area contributed by atoms with Gasteiger partial charge in [-0.2, -0.15) is 13.2 Å². The van der Waals surface area contributed by atoms with Gasteiger partial charge < -0.3 is 10.6 Å². The van der Waals surface area contributed by atoms with E-state index in [1.54, 1.807) is 0 Å². The van der Waals surface area contributed by atoms with E-state index >= 15 is 0 Å². The van der Waals surface area contributed by atoms with E-state index < -0.39 is 18.4 Å². The minimum absolute atomic E-state index is 0.0695. The summed E-state index contributed by atoms with van der Waals surface area (Å²) >= 11 is 0. The van der Waals surface area contributed by atoms with Gasteiger partial charge in [0.25, 0.3) is 0 Å². The maximum absolute atomic E-state index is 13.6. The van der Waals surface area contributed by atoms with Crippen LogP contribution in [0.5, 0.6) is 0 Å². The number of benzene rings is 1. The zero-order chi connectivity index (χ0) is 14.6. The van der Waals surface area contributed by atoms with Crippen molar-refractivity contribution in [2.75, 3.05) is 13.6 Å². The van der Waals surface area contributed by atoms with Crippen LogP contribution in [-0.4, -0.2) is 30.5 Å². The van der Waals surface area contributed by atoms with Crippen molar-refractivity contribution >= 4 is 5.84 Å². The second kappa shape index (κ2) is 6.01. The highest BCUT2D eigenvalue weighted by molar-refractivity contribution is 5.94. The molecule has 1 aromatic rings. The maximum atomic E-state index is 13.6. The molecular weight excluding hydrogens is 262 g/mol. The standard InChI is InChI=1S/C12H15F4N3/c1-19(5-4-12(14,15)16)7-9-3-2-8(11(17)18)6-10(9)13/h2-3,6H,4-5,7H2,1H3,(H3,17,18). The minimum atomic E-state index is -4.22. The smallest absolute Gasteiger partial charge is 0.384 e. The lowest BCUT2D eigenvalue weighted by Crippen LogP contribution is -2.24. The van der Waals surface area contributed by atoms with E-state index in [9.17, 15) is 17.6 Å². The van der Waals surface area contributed by atoms with Crippen LogP contribution < -0.4 is 5.73 Å². The molecule has 0 radical (unpaired) electrons. The highest BCUT2D eigenvalue weighted by atomic mass is 19.4. The molecule has 0 spiro atoms. The Balaban J connectivity index is 2.64. The van der Waals surface area contributed by atoms with Crippen LogP contribution in [-0.2, 0) is 6.54 Å². The fourth-order valence-electron chi connectivity index (χ4n) is 1.53. The molecule has 0 saturated heterocycles. The third kappa shape index (κ3) is 5.25. The first-order valence-corrected chi connectivity index (χ1v) is 5.57. The number of nitrogens with one attached hydrogen (secondary N) is 1. The van der Waals surface area contributed by atoms with E-state index in [4.69, 9.17) is 11.1 Å². The van der Waals surface area contributed by atoms with Gasteiger partial charge >= 0.3 is 6.18 Å². The number of rotatable bonds is 5. The lowest BCUT2D eigenvalue weighted by Gasteiger charge is -2.18. The number of nitrogens with two attached hydrogens (primary N) is 1. The molecule has 19 heavy (non-hydrogen) atoms. The number of hydrogen-bond donors (Lipinski definition) is 2. The number of nitrogens with zero attached hydrogens (tertiary/aromatic N) is 1. The van der Waals surface area contributed by atoms with Crippen molar-refractivity contribution < 1.29 is 17.6 Å². The molecule has 0 amide bonds. The van der Waals surface area contributed by atoms with Gasteiger partial charge in [-0.15, -0.1) is 0 Å². The van der Waals surface area contributed by atoms with Crippen LogP contribution in [0.3, 0.4) is 0 Å². The molecule has 1 rings (SSSR count). The zero-order valence-electron chi connectivity index (χ0n) is 10.4. The Morgan fingerprint density at radius 3 is 2.47 bits per heavy atom. The Morgan fingerprint density at radius 1 is 1.37 bits per heavy atom. The molecule has 0 aliphatic rings. The number of alkyl halides is 3. The molecule has 0 unspecified atom stereocenters. The molecule has 1 aromatic carbocycles. The first-order valence-electron chi connectivity index (χ1n) is 5.57. The van der Waals surface area contributed by atoms with E-state index in [-0.39, 0.29) is 30.1 Å². The lowest BCUT2D eigenvalue weighted by molar-refractivity contribution is -0.137. The predicted octanol–water partition coefficient (Wildman–Crippen LogP) is 2.49. The zero-order valence-corrected chi connectivity index (χ0v) is 10.4. The Labute approximate surface area is 108 Å². The van der Waals surface area contributed by atoms with E-state index in [1.807, 2.05) is 0 Å². The van der Waals surface area contributed by atoms with Gasteiger partial charge in [0.2, 0.25) is 0 Å². The molecule has 106 valence electrons. The van der Waals surface area contributed by atoms with Crippen molar-refractivity contribution in [2.45, 2.75) is 19.1 Å². The summed E-state index contributed by atoms with van der Waals surface area (Å²) in [5.74, 6) is -0.831. The molecule has 0 aliphatic carbocycles. The van der Waals surface area contributed by atoms with Crippen LogP contribution in [0.1, 0.15) is 17.5 Å². The molecular formula is C12H15F4N3. The Kier molecular flexibility index (Phi) is 4.88. The average molecular weight is 277 g/mol. The van der Waals surface area contributed by atoms with Crippen molar-refractivity contribution in [3.63, 3.8) is 0 Å². The summed E-state index contributed by atoms with van der Waals surface area (Å²) in [7, 11) is 1.49. The monoisotopic (exact) mass is 277 g/mol. The van der Waals surface area contributed by atoms with Crippen molar-refractivity contribution in [1.29, 1.82) is 5.41 Å². The van der Waals surface area contributed by atoms with Gasteiger partial charge in [0.05, 0.1) is 6.42 Å². The number of nitrogen functional groups attached to an aromatic ring is 1. The fourth-order valence-corrected chi connectivity index (χ4v) is 1.53. The van der Waals surface area contributed by atoms with Gasteiger partial charge in [0, 0.05) is 24.2 Å². The summed E-state index contributed by atoms with van der Waals surface area (Å²) < 4.78 is 49.8. The van der Waals surface area contributed by atoms with Crippen LogP contribution in [0, 0.1) is 11.2 Å². The molecule has 7 heteroatoms. The van der Waals surface area contributed by atoms with Crippen LogP contribution in [0.25, 0.3) is 0 Å². The lowest BCUT2D eigenvalue weighted by atomic mass is 10.1. The van der Waals surface area contributed by atoms with Crippen LogP contribution in [0.2, 0.25) is 0 Å². The molecule has 3 N–H and O–H groups in total. The summed E-state index contributed by atoms with van der Waals surface area (Å²) in [5.41, 5.74) is 5.73. The second-order valence-corrected chi connectivity index (χ2v) is 4.32. The van der Waals surface area contributed by atoms with Crippen molar-refractivity contribution in [2.24, 2.45) is 5.73 Å². The topological polar surface area (TPSA) is 53.1 Å². The summed E-state index contributed by atoms with van der Waals surface area (Å²) in [6.07, 6.45) is -5.15. The number of hydrogen-bond acceptors (Lipinski definition) is 2.